The lowest BCUT2D eigenvalue weighted by molar-refractivity contribution is -0.131. The SMILES string of the molecule is C[C@H]1C[C@@H](OCC(=O)NC2CNC2)C1. The van der Waals surface area contributed by atoms with E-state index in [0.717, 1.165) is 31.8 Å². The Labute approximate surface area is 84.4 Å². The Kier molecular flexibility index (Phi) is 3.03. The van der Waals surface area contributed by atoms with E-state index in [1.165, 1.54) is 0 Å². The van der Waals surface area contributed by atoms with Gasteiger partial charge in [-0.1, -0.05) is 6.92 Å². The van der Waals surface area contributed by atoms with Gasteiger partial charge >= 0.3 is 0 Å². The molecule has 4 nitrogen and oxygen atoms in total. The molecular formula is C10H18N2O2. The van der Waals surface area contributed by atoms with Crippen LogP contribution in [0.2, 0.25) is 0 Å². The summed E-state index contributed by atoms with van der Waals surface area (Å²) in [6.07, 6.45) is 2.55. The number of amides is 1. The van der Waals surface area contributed by atoms with Crippen molar-refractivity contribution < 1.29 is 9.53 Å². The van der Waals surface area contributed by atoms with Crippen LogP contribution in [0.15, 0.2) is 0 Å². The third-order valence-corrected chi connectivity index (χ3v) is 2.93. The third-order valence-electron chi connectivity index (χ3n) is 2.93. The van der Waals surface area contributed by atoms with Gasteiger partial charge < -0.3 is 15.4 Å². The average molecular weight is 198 g/mol. The van der Waals surface area contributed by atoms with Crippen LogP contribution in [0, 0.1) is 5.92 Å². The van der Waals surface area contributed by atoms with Crippen molar-refractivity contribution in [1.82, 2.24) is 10.6 Å². The van der Waals surface area contributed by atoms with Gasteiger partial charge in [0.05, 0.1) is 12.1 Å². The second-order valence-corrected chi connectivity index (χ2v) is 4.43. The highest BCUT2D eigenvalue weighted by Gasteiger charge is 2.27. The van der Waals surface area contributed by atoms with Gasteiger partial charge in [0.25, 0.3) is 0 Å². The summed E-state index contributed by atoms with van der Waals surface area (Å²) >= 11 is 0. The molecule has 2 aliphatic rings. The fourth-order valence-corrected chi connectivity index (χ4v) is 1.82. The van der Waals surface area contributed by atoms with E-state index in [4.69, 9.17) is 4.74 Å². The molecule has 2 N–H and O–H groups in total. The highest BCUT2D eigenvalue weighted by molar-refractivity contribution is 5.77. The summed E-state index contributed by atoms with van der Waals surface area (Å²) in [5.74, 6) is 0.801. The molecule has 1 aliphatic heterocycles. The summed E-state index contributed by atoms with van der Waals surface area (Å²) in [5, 5.41) is 6.01. The monoisotopic (exact) mass is 198 g/mol. The molecule has 0 spiro atoms. The molecule has 0 aromatic rings. The largest absolute Gasteiger partial charge is 0.368 e. The van der Waals surface area contributed by atoms with Crippen molar-refractivity contribution in [1.29, 1.82) is 0 Å². The molecule has 0 radical (unpaired) electrons. The van der Waals surface area contributed by atoms with Gasteiger partial charge in [-0.3, -0.25) is 4.79 Å². The Balaban J connectivity index is 1.53. The van der Waals surface area contributed by atoms with Crippen LogP contribution in [0.25, 0.3) is 0 Å². The zero-order valence-electron chi connectivity index (χ0n) is 8.58. The summed E-state index contributed by atoms with van der Waals surface area (Å²) in [7, 11) is 0. The van der Waals surface area contributed by atoms with Gasteiger partial charge in [-0.15, -0.1) is 0 Å². The maximum atomic E-state index is 11.3. The summed E-state index contributed by atoms with van der Waals surface area (Å²) in [5.41, 5.74) is 0. The summed E-state index contributed by atoms with van der Waals surface area (Å²) in [6, 6.07) is 0.325. The number of rotatable bonds is 4. The molecule has 0 atom stereocenters. The molecule has 0 aromatic carbocycles. The van der Waals surface area contributed by atoms with Crippen molar-refractivity contribution in [3.8, 4) is 0 Å². The molecule has 1 saturated carbocycles. The van der Waals surface area contributed by atoms with Gasteiger partial charge in [-0.25, -0.2) is 0 Å². The maximum Gasteiger partial charge on any atom is 0.246 e. The van der Waals surface area contributed by atoms with Crippen LogP contribution in [0.5, 0.6) is 0 Å². The molecule has 1 heterocycles. The number of hydrogen-bond donors (Lipinski definition) is 2. The molecule has 2 fully saturated rings. The number of carbonyl (C=O) groups excluding carboxylic acids is 1. The molecule has 1 amide bonds. The second kappa shape index (κ2) is 4.28. The van der Waals surface area contributed by atoms with Crippen LogP contribution in [0.1, 0.15) is 19.8 Å². The first kappa shape index (κ1) is 9.93. The Morgan fingerprint density at radius 2 is 2.21 bits per heavy atom. The number of ether oxygens (including phenoxy) is 1. The summed E-state index contributed by atoms with van der Waals surface area (Å²) in [6.45, 7) is 4.23. The Bertz CT molecular complexity index is 210. The molecule has 14 heavy (non-hydrogen) atoms. The van der Waals surface area contributed by atoms with Gasteiger partial charge in [0.1, 0.15) is 6.61 Å². The topological polar surface area (TPSA) is 50.4 Å². The second-order valence-electron chi connectivity index (χ2n) is 4.43. The van der Waals surface area contributed by atoms with Crippen molar-refractivity contribution in [2.45, 2.75) is 31.9 Å². The maximum absolute atomic E-state index is 11.3. The van der Waals surface area contributed by atoms with E-state index >= 15 is 0 Å². The van der Waals surface area contributed by atoms with E-state index in [1.807, 2.05) is 0 Å². The van der Waals surface area contributed by atoms with Crippen molar-refractivity contribution in [2.24, 2.45) is 5.92 Å². The lowest BCUT2D eigenvalue weighted by Gasteiger charge is -2.33. The predicted octanol–water partition coefficient (Wildman–Crippen LogP) is -0.110. The number of carbonyl (C=O) groups is 1. The van der Waals surface area contributed by atoms with E-state index < -0.39 is 0 Å². The molecular weight excluding hydrogens is 180 g/mol. The lowest BCUT2D eigenvalue weighted by Crippen LogP contribution is -2.57. The van der Waals surface area contributed by atoms with Gasteiger partial charge in [0.2, 0.25) is 5.91 Å². The van der Waals surface area contributed by atoms with Gasteiger partial charge in [0, 0.05) is 13.1 Å². The molecule has 1 aliphatic carbocycles. The van der Waals surface area contributed by atoms with Crippen molar-refractivity contribution in [3.63, 3.8) is 0 Å². The zero-order chi connectivity index (χ0) is 9.97. The van der Waals surface area contributed by atoms with E-state index in [0.29, 0.717) is 12.1 Å². The normalized spacial score (nSPS) is 31.8. The van der Waals surface area contributed by atoms with E-state index in [9.17, 15) is 4.79 Å². The Hall–Kier alpha value is -0.610. The highest BCUT2D eigenvalue weighted by atomic mass is 16.5. The minimum absolute atomic E-state index is 0.0241. The first-order chi connectivity index (χ1) is 6.74. The van der Waals surface area contributed by atoms with Crippen LogP contribution in [0.4, 0.5) is 0 Å². The average Bonchev–Trinajstić information content (AvgIpc) is 2.03. The van der Waals surface area contributed by atoms with Crippen LogP contribution < -0.4 is 10.6 Å². The van der Waals surface area contributed by atoms with Crippen LogP contribution in [-0.4, -0.2) is 37.7 Å². The molecule has 0 aromatic heterocycles. The van der Waals surface area contributed by atoms with Crippen LogP contribution in [-0.2, 0) is 9.53 Å². The first-order valence-electron chi connectivity index (χ1n) is 5.35. The van der Waals surface area contributed by atoms with E-state index in [-0.39, 0.29) is 12.5 Å². The lowest BCUT2D eigenvalue weighted by atomic mass is 9.84. The fourth-order valence-electron chi connectivity index (χ4n) is 1.82. The number of nitrogens with one attached hydrogen (secondary N) is 2. The Morgan fingerprint density at radius 1 is 1.50 bits per heavy atom. The van der Waals surface area contributed by atoms with Crippen molar-refractivity contribution >= 4 is 5.91 Å². The standard InChI is InChI=1S/C10H18N2O2/c1-7-2-9(3-7)14-6-10(13)12-8-4-11-5-8/h7-9,11H,2-6H2,1H3,(H,12,13)/t7-,9+. The van der Waals surface area contributed by atoms with Gasteiger partial charge in [-0.2, -0.15) is 0 Å². The summed E-state index contributed by atoms with van der Waals surface area (Å²) < 4.78 is 5.45. The quantitative estimate of drug-likeness (QED) is 0.662. The van der Waals surface area contributed by atoms with E-state index in [1.54, 1.807) is 0 Å². The Morgan fingerprint density at radius 3 is 2.71 bits per heavy atom. The first-order valence-corrected chi connectivity index (χ1v) is 5.35. The molecule has 0 unspecified atom stereocenters. The minimum Gasteiger partial charge on any atom is -0.368 e. The number of hydrogen-bond acceptors (Lipinski definition) is 3. The molecule has 1 saturated heterocycles. The van der Waals surface area contributed by atoms with Crippen molar-refractivity contribution in [2.75, 3.05) is 19.7 Å². The smallest absolute Gasteiger partial charge is 0.246 e. The van der Waals surface area contributed by atoms with E-state index in [2.05, 4.69) is 17.6 Å². The minimum atomic E-state index is 0.0241. The van der Waals surface area contributed by atoms with Gasteiger partial charge in [0.15, 0.2) is 0 Å². The fraction of sp³-hybridized carbons (Fsp3) is 0.900. The zero-order valence-corrected chi connectivity index (χ0v) is 8.58. The molecule has 2 rings (SSSR count). The summed E-state index contributed by atoms with van der Waals surface area (Å²) in [4.78, 5) is 11.3. The van der Waals surface area contributed by atoms with Crippen LogP contribution in [0.3, 0.4) is 0 Å². The molecule has 0 bridgehead atoms. The third kappa shape index (κ3) is 2.45. The van der Waals surface area contributed by atoms with Crippen molar-refractivity contribution in [3.05, 3.63) is 0 Å². The molecule has 80 valence electrons. The highest BCUT2D eigenvalue weighted by Crippen LogP contribution is 2.28. The molecule has 4 heteroatoms. The van der Waals surface area contributed by atoms with Gasteiger partial charge in [-0.05, 0) is 18.8 Å². The van der Waals surface area contributed by atoms with Crippen LogP contribution >= 0.6 is 0 Å². The predicted molar refractivity (Wildman–Crippen MR) is 52.9 cm³/mol.